The number of nitrogens with zero attached hydrogens (tertiary/aromatic N) is 1. The number of ether oxygens (including phenoxy) is 1. The quantitative estimate of drug-likeness (QED) is 0.771. The molecule has 0 saturated heterocycles. The van der Waals surface area contributed by atoms with Crippen molar-refractivity contribution in [2.75, 3.05) is 26.2 Å². The predicted molar refractivity (Wildman–Crippen MR) is 88.4 cm³/mol. The highest BCUT2D eigenvalue weighted by Gasteiger charge is 2.28. The van der Waals surface area contributed by atoms with Crippen LogP contribution >= 0.6 is 0 Å². The lowest BCUT2D eigenvalue weighted by Gasteiger charge is -2.21. The molecule has 0 atom stereocenters. The van der Waals surface area contributed by atoms with Gasteiger partial charge in [-0.3, -0.25) is 4.79 Å². The minimum atomic E-state index is -3.85. The molecule has 0 heterocycles. The summed E-state index contributed by atoms with van der Waals surface area (Å²) in [5.41, 5.74) is 5.51. The summed E-state index contributed by atoms with van der Waals surface area (Å²) in [6.45, 7) is 1.68. The van der Waals surface area contributed by atoms with Gasteiger partial charge in [-0.05, 0) is 18.4 Å². The molecule has 0 aliphatic rings. The van der Waals surface area contributed by atoms with E-state index in [2.05, 4.69) is 0 Å². The molecular formula is C16H20N2O4S. The third-order valence-electron chi connectivity index (χ3n) is 3.36. The number of hydrogen-bond donors (Lipinski definition) is 1. The second-order valence-corrected chi connectivity index (χ2v) is 6.82. The van der Waals surface area contributed by atoms with Crippen LogP contribution in [0.3, 0.4) is 0 Å². The van der Waals surface area contributed by atoms with Gasteiger partial charge in [0.2, 0.25) is 10.0 Å². The Bertz CT molecular complexity index is 784. The van der Waals surface area contributed by atoms with E-state index in [9.17, 15) is 13.2 Å². The van der Waals surface area contributed by atoms with Crippen molar-refractivity contribution < 1.29 is 17.9 Å². The first-order chi connectivity index (χ1) is 11.0. The third kappa shape index (κ3) is 3.87. The van der Waals surface area contributed by atoms with Crippen LogP contribution in [0.2, 0.25) is 0 Å². The van der Waals surface area contributed by atoms with Crippen LogP contribution in [0.1, 0.15) is 6.92 Å². The summed E-state index contributed by atoms with van der Waals surface area (Å²) in [4.78, 5) is 11.9. The van der Waals surface area contributed by atoms with Crippen LogP contribution < -0.4 is 5.73 Å². The monoisotopic (exact) mass is 336 g/mol. The van der Waals surface area contributed by atoms with E-state index in [-0.39, 0.29) is 31.1 Å². The van der Waals surface area contributed by atoms with Crippen LogP contribution in [0.15, 0.2) is 47.4 Å². The highest BCUT2D eigenvalue weighted by Crippen LogP contribution is 2.25. The van der Waals surface area contributed by atoms with Gasteiger partial charge in [0.15, 0.2) is 0 Å². The highest BCUT2D eigenvalue weighted by molar-refractivity contribution is 7.89. The van der Waals surface area contributed by atoms with Crippen molar-refractivity contribution >= 4 is 26.8 Å². The minimum Gasteiger partial charge on any atom is -0.465 e. The van der Waals surface area contributed by atoms with Crippen molar-refractivity contribution in [3.05, 3.63) is 42.5 Å². The molecule has 0 aliphatic carbocycles. The Morgan fingerprint density at radius 1 is 1.17 bits per heavy atom. The molecule has 23 heavy (non-hydrogen) atoms. The van der Waals surface area contributed by atoms with Gasteiger partial charge in [-0.25, -0.2) is 8.42 Å². The SMILES string of the molecule is CCOC(=O)CN(CCN)S(=O)(=O)c1cccc2ccccc12. The van der Waals surface area contributed by atoms with Crippen molar-refractivity contribution in [1.29, 1.82) is 0 Å². The van der Waals surface area contributed by atoms with Crippen molar-refractivity contribution in [2.24, 2.45) is 5.73 Å². The summed E-state index contributed by atoms with van der Waals surface area (Å²) in [6.07, 6.45) is 0. The van der Waals surface area contributed by atoms with Crippen molar-refractivity contribution in [2.45, 2.75) is 11.8 Å². The van der Waals surface area contributed by atoms with E-state index in [1.165, 1.54) is 6.07 Å². The van der Waals surface area contributed by atoms with E-state index in [0.29, 0.717) is 5.39 Å². The van der Waals surface area contributed by atoms with Crippen LogP contribution in [0.25, 0.3) is 10.8 Å². The smallest absolute Gasteiger partial charge is 0.321 e. The second-order valence-electron chi connectivity index (χ2n) is 4.91. The number of benzene rings is 2. The normalized spacial score (nSPS) is 11.8. The second kappa shape index (κ2) is 7.54. The van der Waals surface area contributed by atoms with E-state index in [1.54, 1.807) is 25.1 Å². The average molecular weight is 336 g/mol. The maximum atomic E-state index is 12.9. The number of fused-ring (bicyclic) bond motifs is 1. The van der Waals surface area contributed by atoms with E-state index in [0.717, 1.165) is 9.69 Å². The average Bonchev–Trinajstić information content (AvgIpc) is 2.54. The Morgan fingerprint density at radius 2 is 1.87 bits per heavy atom. The van der Waals surface area contributed by atoms with Crippen molar-refractivity contribution in [1.82, 2.24) is 4.31 Å². The van der Waals surface area contributed by atoms with Crippen LogP contribution in [0, 0.1) is 0 Å². The molecule has 0 amide bonds. The minimum absolute atomic E-state index is 0.0460. The zero-order chi connectivity index (χ0) is 16.9. The molecule has 124 valence electrons. The summed E-state index contributed by atoms with van der Waals surface area (Å²) in [6, 6.07) is 12.3. The molecule has 7 heteroatoms. The zero-order valence-corrected chi connectivity index (χ0v) is 13.8. The van der Waals surface area contributed by atoms with Crippen LogP contribution in [0.5, 0.6) is 0 Å². The molecule has 0 saturated carbocycles. The first-order valence-electron chi connectivity index (χ1n) is 7.34. The number of rotatable bonds is 7. The lowest BCUT2D eigenvalue weighted by atomic mass is 10.1. The van der Waals surface area contributed by atoms with Gasteiger partial charge < -0.3 is 10.5 Å². The Kier molecular flexibility index (Phi) is 5.70. The zero-order valence-electron chi connectivity index (χ0n) is 12.9. The number of hydrogen-bond acceptors (Lipinski definition) is 5. The summed E-state index contributed by atoms with van der Waals surface area (Å²) in [5, 5.41) is 1.43. The Labute approximate surface area is 135 Å². The van der Waals surface area contributed by atoms with Crippen LogP contribution in [0.4, 0.5) is 0 Å². The molecule has 0 spiro atoms. The number of carbonyl (C=O) groups is 1. The maximum absolute atomic E-state index is 12.9. The molecular weight excluding hydrogens is 316 g/mol. The molecule has 0 aromatic heterocycles. The summed E-state index contributed by atoms with van der Waals surface area (Å²) in [5.74, 6) is -0.593. The van der Waals surface area contributed by atoms with Gasteiger partial charge in [-0.1, -0.05) is 36.4 Å². The third-order valence-corrected chi connectivity index (χ3v) is 5.26. The first-order valence-corrected chi connectivity index (χ1v) is 8.78. The van der Waals surface area contributed by atoms with Gasteiger partial charge in [0, 0.05) is 18.5 Å². The van der Waals surface area contributed by atoms with E-state index in [4.69, 9.17) is 10.5 Å². The molecule has 0 radical (unpaired) electrons. The molecule has 0 fully saturated rings. The van der Waals surface area contributed by atoms with E-state index >= 15 is 0 Å². The number of esters is 1. The van der Waals surface area contributed by atoms with Gasteiger partial charge in [-0.2, -0.15) is 4.31 Å². The summed E-state index contributed by atoms with van der Waals surface area (Å²) < 4.78 is 31.8. The van der Waals surface area contributed by atoms with Gasteiger partial charge in [-0.15, -0.1) is 0 Å². The van der Waals surface area contributed by atoms with Crippen molar-refractivity contribution in [3.8, 4) is 0 Å². The molecule has 0 unspecified atom stereocenters. The number of sulfonamides is 1. The molecule has 2 aromatic rings. The fraction of sp³-hybridized carbons (Fsp3) is 0.312. The Balaban J connectivity index is 2.45. The standard InChI is InChI=1S/C16H20N2O4S/c1-2-22-16(19)12-18(11-10-17)23(20,21)15-9-5-7-13-6-3-4-8-14(13)15/h3-9H,2,10-12,17H2,1H3. The molecule has 2 aromatic carbocycles. The van der Waals surface area contributed by atoms with Crippen LogP contribution in [-0.4, -0.2) is 44.9 Å². The van der Waals surface area contributed by atoms with Gasteiger partial charge in [0.1, 0.15) is 6.54 Å². The van der Waals surface area contributed by atoms with Gasteiger partial charge >= 0.3 is 5.97 Å². The van der Waals surface area contributed by atoms with E-state index in [1.807, 2.05) is 18.2 Å². The number of carbonyl (C=O) groups excluding carboxylic acids is 1. The lowest BCUT2D eigenvalue weighted by Crippen LogP contribution is -2.39. The lowest BCUT2D eigenvalue weighted by molar-refractivity contribution is -0.143. The van der Waals surface area contributed by atoms with Gasteiger partial charge in [0.05, 0.1) is 11.5 Å². The topological polar surface area (TPSA) is 89.7 Å². The summed E-state index contributed by atoms with van der Waals surface area (Å²) in [7, 11) is -3.85. The molecule has 0 aliphatic heterocycles. The largest absolute Gasteiger partial charge is 0.465 e. The molecule has 2 rings (SSSR count). The molecule has 0 bridgehead atoms. The molecule has 2 N–H and O–H groups in total. The van der Waals surface area contributed by atoms with Crippen LogP contribution in [-0.2, 0) is 19.6 Å². The predicted octanol–water partition coefficient (Wildman–Crippen LogP) is 1.35. The van der Waals surface area contributed by atoms with E-state index < -0.39 is 16.0 Å². The number of nitrogens with two attached hydrogens (primary N) is 1. The molecule has 6 nitrogen and oxygen atoms in total. The fourth-order valence-electron chi connectivity index (χ4n) is 2.34. The van der Waals surface area contributed by atoms with Gasteiger partial charge in [0.25, 0.3) is 0 Å². The first kappa shape index (κ1) is 17.4. The summed E-state index contributed by atoms with van der Waals surface area (Å²) >= 11 is 0. The Hall–Kier alpha value is -1.96. The Morgan fingerprint density at radius 3 is 2.57 bits per heavy atom. The highest BCUT2D eigenvalue weighted by atomic mass is 32.2. The van der Waals surface area contributed by atoms with Crippen molar-refractivity contribution in [3.63, 3.8) is 0 Å². The maximum Gasteiger partial charge on any atom is 0.321 e. The fourth-order valence-corrected chi connectivity index (χ4v) is 3.95.